The van der Waals surface area contributed by atoms with Gasteiger partial charge in [0.05, 0.1) is 0 Å². The molecule has 2 nitrogen and oxygen atoms in total. The van der Waals surface area contributed by atoms with Crippen LogP contribution in [0.5, 0.6) is 0 Å². The van der Waals surface area contributed by atoms with E-state index in [2.05, 4.69) is 12.1 Å². The number of Topliss-reactive ketones (excluding diaryl/α,β-unsaturated/α-hetero) is 1. The number of nitrogens with two attached hydrogens (primary N) is 1. The van der Waals surface area contributed by atoms with Gasteiger partial charge in [0, 0.05) is 28.8 Å². The maximum Gasteiger partial charge on any atom is 0.135 e. The fraction of sp³-hybridized carbons (Fsp3) is 0.650. The van der Waals surface area contributed by atoms with Gasteiger partial charge in [-0.2, -0.15) is 0 Å². The molecule has 0 aliphatic heterocycles. The summed E-state index contributed by atoms with van der Waals surface area (Å²) in [5, 5.41) is 0.784. The Bertz CT molecular complexity index is 505. The van der Waals surface area contributed by atoms with Crippen LogP contribution in [0, 0.1) is 5.92 Å². The summed E-state index contributed by atoms with van der Waals surface area (Å²) in [6, 6.07) is 8.44. The fourth-order valence-corrected chi connectivity index (χ4v) is 3.74. The third kappa shape index (κ3) is 4.58. The van der Waals surface area contributed by atoms with Crippen LogP contribution in [0.25, 0.3) is 0 Å². The lowest BCUT2D eigenvalue weighted by atomic mass is 9.59. The molecular formula is C20H30ClNO. The predicted octanol–water partition coefficient (Wildman–Crippen LogP) is 5.26. The normalized spacial score (nSPS) is 17.8. The molecule has 0 heterocycles. The van der Waals surface area contributed by atoms with Crippen molar-refractivity contribution in [2.45, 2.75) is 76.7 Å². The summed E-state index contributed by atoms with van der Waals surface area (Å²) in [5.41, 5.74) is 8.07. The molecule has 128 valence electrons. The average Bonchev–Trinajstić information content (AvgIpc) is 2.47. The zero-order valence-electron chi connectivity index (χ0n) is 14.5. The van der Waals surface area contributed by atoms with Crippen LogP contribution in [-0.2, 0) is 10.2 Å². The Kier molecular flexibility index (Phi) is 6.67. The number of ketones is 1. The highest BCUT2D eigenvalue weighted by Crippen LogP contribution is 2.47. The highest BCUT2D eigenvalue weighted by molar-refractivity contribution is 6.30. The molecule has 23 heavy (non-hydrogen) atoms. The lowest BCUT2D eigenvalue weighted by Gasteiger charge is -2.47. The zero-order valence-corrected chi connectivity index (χ0v) is 15.2. The van der Waals surface area contributed by atoms with Gasteiger partial charge in [-0.15, -0.1) is 0 Å². The SMILES string of the molecule is CC(C)C(=O)CCCCCC(N)C1(c2ccc(Cl)cc2)CCC1. The summed E-state index contributed by atoms with van der Waals surface area (Å²) in [7, 11) is 0. The average molecular weight is 336 g/mol. The molecule has 0 spiro atoms. The van der Waals surface area contributed by atoms with Crippen molar-refractivity contribution in [1.29, 1.82) is 0 Å². The first-order chi connectivity index (χ1) is 11.0. The van der Waals surface area contributed by atoms with Gasteiger partial charge in [-0.05, 0) is 43.4 Å². The first-order valence-electron chi connectivity index (χ1n) is 9.00. The first-order valence-corrected chi connectivity index (χ1v) is 9.38. The quantitative estimate of drug-likeness (QED) is 0.625. The molecule has 1 aliphatic rings. The number of unbranched alkanes of at least 4 members (excludes halogenated alkanes) is 2. The van der Waals surface area contributed by atoms with E-state index in [1.807, 2.05) is 26.0 Å². The number of halogens is 1. The Morgan fingerprint density at radius 2 is 1.83 bits per heavy atom. The molecule has 1 aliphatic carbocycles. The molecule has 2 N–H and O–H groups in total. The molecule has 1 aromatic carbocycles. The van der Waals surface area contributed by atoms with E-state index in [-0.39, 0.29) is 17.4 Å². The Morgan fingerprint density at radius 3 is 2.35 bits per heavy atom. The lowest BCUT2D eigenvalue weighted by molar-refractivity contribution is -0.122. The van der Waals surface area contributed by atoms with Gasteiger partial charge in [0.1, 0.15) is 5.78 Å². The van der Waals surface area contributed by atoms with E-state index in [9.17, 15) is 4.79 Å². The monoisotopic (exact) mass is 335 g/mol. The van der Waals surface area contributed by atoms with Gasteiger partial charge in [-0.25, -0.2) is 0 Å². The van der Waals surface area contributed by atoms with E-state index in [4.69, 9.17) is 17.3 Å². The van der Waals surface area contributed by atoms with Crippen molar-refractivity contribution < 1.29 is 4.79 Å². The van der Waals surface area contributed by atoms with Crippen molar-refractivity contribution in [2.24, 2.45) is 11.7 Å². The Hall–Kier alpha value is -0.860. The number of hydrogen-bond acceptors (Lipinski definition) is 2. The Morgan fingerprint density at radius 1 is 1.17 bits per heavy atom. The second-order valence-corrected chi connectivity index (χ2v) is 7.78. The molecular weight excluding hydrogens is 306 g/mol. The first kappa shape index (κ1) is 18.5. The molecule has 0 radical (unpaired) electrons. The zero-order chi connectivity index (χ0) is 16.9. The Balaban J connectivity index is 1.80. The van der Waals surface area contributed by atoms with Gasteiger partial charge < -0.3 is 5.73 Å². The van der Waals surface area contributed by atoms with E-state index in [1.54, 1.807) is 0 Å². The summed E-state index contributed by atoms with van der Waals surface area (Å²) < 4.78 is 0. The highest BCUT2D eigenvalue weighted by Gasteiger charge is 2.43. The largest absolute Gasteiger partial charge is 0.327 e. The third-order valence-corrected chi connectivity index (χ3v) is 5.71. The minimum atomic E-state index is 0.151. The van der Waals surface area contributed by atoms with Crippen LogP contribution in [0.4, 0.5) is 0 Å². The van der Waals surface area contributed by atoms with Crippen LogP contribution in [0.1, 0.15) is 70.8 Å². The smallest absolute Gasteiger partial charge is 0.135 e. The lowest BCUT2D eigenvalue weighted by Crippen LogP contribution is -2.50. The van der Waals surface area contributed by atoms with Gasteiger partial charge in [0.15, 0.2) is 0 Å². The van der Waals surface area contributed by atoms with E-state index in [0.717, 1.165) is 37.1 Å². The van der Waals surface area contributed by atoms with Crippen LogP contribution < -0.4 is 5.73 Å². The topological polar surface area (TPSA) is 43.1 Å². The van der Waals surface area contributed by atoms with E-state index in [0.29, 0.717) is 5.78 Å². The standard InChI is InChI=1S/C20H30ClNO/c1-15(2)18(23)7-4-3-5-8-19(22)20(13-6-14-20)16-9-11-17(21)12-10-16/h9-12,15,19H,3-8,13-14,22H2,1-2H3. The molecule has 1 unspecified atom stereocenters. The molecule has 0 saturated heterocycles. The number of benzene rings is 1. The van der Waals surface area contributed by atoms with Crippen molar-refractivity contribution in [3.8, 4) is 0 Å². The predicted molar refractivity (Wildman–Crippen MR) is 97.9 cm³/mol. The van der Waals surface area contributed by atoms with E-state index < -0.39 is 0 Å². The molecule has 0 bridgehead atoms. The molecule has 1 fully saturated rings. The van der Waals surface area contributed by atoms with Crippen molar-refractivity contribution >= 4 is 17.4 Å². The van der Waals surface area contributed by atoms with Crippen LogP contribution >= 0.6 is 11.6 Å². The number of carbonyl (C=O) groups excluding carboxylic acids is 1. The summed E-state index contributed by atoms with van der Waals surface area (Å²) in [6.07, 6.45) is 8.60. The van der Waals surface area contributed by atoms with Crippen molar-refractivity contribution in [3.05, 3.63) is 34.9 Å². The number of carbonyl (C=O) groups is 1. The van der Waals surface area contributed by atoms with Gasteiger partial charge in [-0.1, -0.05) is 56.8 Å². The summed E-state index contributed by atoms with van der Waals surface area (Å²) in [5.74, 6) is 0.548. The van der Waals surface area contributed by atoms with Crippen molar-refractivity contribution in [2.75, 3.05) is 0 Å². The number of hydrogen-bond donors (Lipinski definition) is 1. The molecule has 1 aromatic rings. The van der Waals surface area contributed by atoms with Crippen molar-refractivity contribution in [1.82, 2.24) is 0 Å². The molecule has 2 rings (SSSR count). The van der Waals surface area contributed by atoms with Crippen molar-refractivity contribution in [3.63, 3.8) is 0 Å². The van der Waals surface area contributed by atoms with Crippen LogP contribution in [-0.4, -0.2) is 11.8 Å². The molecule has 3 heteroatoms. The highest BCUT2D eigenvalue weighted by atomic mass is 35.5. The van der Waals surface area contributed by atoms with E-state index in [1.165, 1.54) is 24.8 Å². The second kappa shape index (κ2) is 8.30. The minimum Gasteiger partial charge on any atom is -0.327 e. The summed E-state index contributed by atoms with van der Waals surface area (Å²) in [6.45, 7) is 3.95. The molecule has 0 amide bonds. The minimum absolute atomic E-state index is 0.151. The summed E-state index contributed by atoms with van der Waals surface area (Å²) in [4.78, 5) is 11.6. The molecule has 1 atom stereocenters. The van der Waals surface area contributed by atoms with Gasteiger partial charge >= 0.3 is 0 Å². The van der Waals surface area contributed by atoms with Crippen LogP contribution in [0.3, 0.4) is 0 Å². The van der Waals surface area contributed by atoms with Crippen LogP contribution in [0.15, 0.2) is 24.3 Å². The molecule has 1 saturated carbocycles. The van der Waals surface area contributed by atoms with Crippen LogP contribution in [0.2, 0.25) is 5.02 Å². The van der Waals surface area contributed by atoms with Gasteiger partial charge in [0.25, 0.3) is 0 Å². The van der Waals surface area contributed by atoms with E-state index >= 15 is 0 Å². The van der Waals surface area contributed by atoms with Gasteiger partial charge in [0.2, 0.25) is 0 Å². The third-order valence-electron chi connectivity index (χ3n) is 5.46. The fourth-order valence-electron chi connectivity index (χ4n) is 3.62. The maximum atomic E-state index is 11.6. The number of rotatable bonds is 9. The Labute approximate surface area is 145 Å². The maximum absolute atomic E-state index is 11.6. The second-order valence-electron chi connectivity index (χ2n) is 7.34. The van der Waals surface area contributed by atoms with Gasteiger partial charge in [-0.3, -0.25) is 4.79 Å². The summed E-state index contributed by atoms with van der Waals surface area (Å²) >= 11 is 6.01. The molecule has 0 aromatic heterocycles.